The van der Waals surface area contributed by atoms with Gasteiger partial charge in [0.05, 0.1) is 10.4 Å². The molecule has 3 aromatic rings. The van der Waals surface area contributed by atoms with E-state index in [0.29, 0.717) is 16.7 Å². The Morgan fingerprint density at radius 1 is 1.04 bits per heavy atom. The van der Waals surface area contributed by atoms with Crippen LogP contribution in [0.4, 0.5) is 0 Å². The Labute approximate surface area is 155 Å². The number of aromatic nitrogens is 1. The molecule has 0 aliphatic carbocycles. The molecule has 0 spiro atoms. The first-order chi connectivity index (χ1) is 12.4. The molecule has 0 saturated carbocycles. The maximum atomic E-state index is 12.9. The van der Waals surface area contributed by atoms with Crippen molar-refractivity contribution in [1.82, 2.24) is 8.87 Å². The lowest BCUT2D eigenvalue weighted by atomic mass is 9.90. The van der Waals surface area contributed by atoms with E-state index in [9.17, 15) is 8.42 Å². The normalized spacial score (nSPS) is 16.3. The third kappa shape index (κ3) is 3.06. The molecule has 1 aliphatic heterocycles. The third-order valence-electron chi connectivity index (χ3n) is 5.03. The van der Waals surface area contributed by atoms with E-state index in [-0.39, 0.29) is 0 Å². The number of benzene rings is 2. The van der Waals surface area contributed by atoms with Gasteiger partial charge in [-0.3, -0.25) is 0 Å². The molecule has 136 valence electrons. The fraction of sp³-hybridized carbons (Fsp3) is 0.333. The smallest absolute Gasteiger partial charge is 0.268 e. The average Bonchev–Trinajstić information content (AvgIpc) is 3.02. The number of nitrogens with zero attached hydrogens (tertiary/aromatic N) is 2. The van der Waals surface area contributed by atoms with Gasteiger partial charge in [-0.2, -0.15) is 0 Å². The molecule has 0 unspecified atom stereocenters. The predicted molar refractivity (Wildman–Crippen MR) is 105 cm³/mol. The van der Waals surface area contributed by atoms with Crippen LogP contribution in [0.3, 0.4) is 0 Å². The second-order valence-corrected chi connectivity index (χ2v) is 9.37. The van der Waals surface area contributed by atoms with Gasteiger partial charge in [0.2, 0.25) is 0 Å². The number of hydrogen-bond acceptors (Lipinski definition) is 3. The van der Waals surface area contributed by atoms with Gasteiger partial charge in [-0.15, -0.1) is 0 Å². The van der Waals surface area contributed by atoms with Crippen LogP contribution < -0.4 is 0 Å². The lowest BCUT2D eigenvalue weighted by molar-refractivity contribution is 0.131. The molecule has 1 saturated heterocycles. The van der Waals surface area contributed by atoms with Crippen LogP contribution in [-0.2, 0) is 10.0 Å². The Kier molecular flexibility index (Phi) is 4.37. The summed E-state index contributed by atoms with van der Waals surface area (Å²) in [5.74, 6) is 1.24. The molecule has 0 N–H and O–H groups in total. The molecule has 0 atom stereocenters. The fourth-order valence-electron chi connectivity index (χ4n) is 3.75. The van der Waals surface area contributed by atoms with E-state index in [1.54, 1.807) is 30.5 Å². The van der Waals surface area contributed by atoms with Crippen molar-refractivity contribution < 1.29 is 8.42 Å². The van der Waals surface area contributed by atoms with Crippen LogP contribution in [0, 0.1) is 5.92 Å². The molecule has 1 aromatic heterocycles. The molecule has 4 nitrogen and oxygen atoms in total. The molecule has 1 aliphatic rings. The molecule has 2 aromatic carbocycles. The molecule has 26 heavy (non-hydrogen) atoms. The van der Waals surface area contributed by atoms with E-state index in [1.165, 1.54) is 9.54 Å². The van der Waals surface area contributed by atoms with E-state index in [2.05, 4.69) is 30.9 Å². The maximum absolute atomic E-state index is 12.9. The van der Waals surface area contributed by atoms with Crippen molar-refractivity contribution >= 4 is 20.9 Å². The van der Waals surface area contributed by atoms with Gasteiger partial charge < -0.3 is 4.90 Å². The zero-order chi connectivity index (χ0) is 18.3. The van der Waals surface area contributed by atoms with Gasteiger partial charge in [-0.1, -0.05) is 38.1 Å². The first-order valence-corrected chi connectivity index (χ1v) is 10.5. The Balaban J connectivity index is 1.61. The lowest BCUT2D eigenvalue weighted by Crippen LogP contribution is -2.46. The summed E-state index contributed by atoms with van der Waals surface area (Å²) < 4.78 is 27.2. The molecular formula is C21H24N2O2S. The molecule has 4 rings (SSSR count). The summed E-state index contributed by atoms with van der Waals surface area (Å²) in [6, 6.07) is 16.6. The van der Waals surface area contributed by atoms with Gasteiger partial charge in [0.25, 0.3) is 10.0 Å². The molecule has 5 heteroatoms. The van der Waals surface area contributed by atoms with Gasteiger partial charge in [-0.05, 0) is 41.8 Å². The Bertz CT molecular complexity index is 1020. The number of rotatable bonds is 5. The quantitative estimate of drug-likeness (QED) is 0.685. The first kappa shape index (κ1) is 17.3. The Hall–Kier alpha value is -2.11. The van der Waals surface area contributed by atoms with Crippen molar-refractivity contribution in [2.24, 2.45) is 5.92 Å². The van der Waals surface area contributed by atoms with Crippen LogP contribution in [0.2, 0.25) is 0 Å². The summed E-state index contributed by atoms with van der Waals surface area (Å²) in [5, 5.41) is 0.976. The van der Waals surface area contributed by atoms with E-state index in [0.717, 1.165) is 30.5 Å². The summed E-state index contributed by atoms with van der Waals surface area (Å²) in [6.07, 6.45) is 1.66. The van der Waals surface area contributed by atoms with Gasteiger partial charge in [0.1, 0.15) is 0 Å². The largest absolute Gasteiger partial charge is 0.302 e. The predicted octanol–water partition coefficient (Wildman–Crippen LogP) is 3.93. The highest BCUT2D eigenvalue weighted by Gasteiger charge is 2.28. The summed E-state index contributed by atoms with van der Waals surface area (Å²) in [5.41, 5.74) is 2.03. The second-order valence-electron chi connectivity index (χ2n) is 7.56. The van der Waals surface area contributed by atoms with Crippen molar-refractivity contribution in [2.75, 3.05) is 19.6 Å². The topological polar surface area (TPSA) is 42.3 Å². The van der Waals surface area contributed by atoms with Gasteiger partial charge in [-0.25, -0.2) is 12.4 Å². The standard InChI is InChI=1S/C21H24N2O2S/c1-16(2)13-22-14-19(15-22)17-8-9-21-18(12-17)10-11-23(21)26(24,25)20-6-4-3-5-7-20/h3-12,16,19H,13-15H2,1-2H3. The van der Waals surface area contributed by atoms with Crippen LogP contribution in [0.1, 0.15) is 25.3 Å². The van der Waals surface area contributed by atoms with Crippen molar-refractivity contribution in [3.63, 3.8) is 0 Å². The summed E-state index contributed by atoms with van der Waals surface area (Å²) in [4.78, 5) is 2.79. The number of fused-ring (bicyclic) bond motifs is 1. The Morgan fingerprint density at radius 2 is 1.77 bits per heavy atom. The van der Waals surface area contributed by atoms with Crippen LogP contribution >= 0.6 is 0 Å². The molecule has 0 radical (unpaired) electrons. The Morgan fingerprint density at radius 3 is 2.46 bits per heavy atom. The maximum Gasteiger partial charge on any atom is 0.268 e. The molecule has 1 fully saturated rings. The highest BCUT2D eigenvalue weighted by Crippen LogP contribution is 2.31. The minimum Gasteiger partial charge on any atom is -0.302 e. The number of likely N-dealkylation sites (tertiary alicyclic amines) is 1. The van der Waals surface area contributed by atoms with E-state index < -0.39 is 10.0 Å². The second kappa shape index (κ2) is 6.56. The van der Waals surface area contributed by atoms with Crippen molar-refractivity contribution in [1.29, 1.82) is 0 Å². The first-order valence-electron chi connectivity index (χ1n) is 9.09. The summed E-state index contributed by atoms with van der Waals surface area (Å²) >= 11 is 0. The molecule has 2 heterocycles. The van der Waals surface area contributed by atoms with Crippen LogP contribution in [-0.4, -0.2) is 36.9 Å². The number of hydrogen-bond donors (Lipinski definition) is 0. The SMILES string of the molecule is CC(C)CN1CC(c2ccc3c(ccn3S(=O)(=O)c3ccccc3)c2)C1. The molecular weight excluding hydrogens is 344 g/mol. The zero-order valence-electron chi connectivity index (χ0n) is 15.2. The lowest BCUT2D eigenvalue weighted by Gasteiger charge is -2.40. The summed E-state index contributed by atoms with van der Waals surface area (Å²) in [7, 11) is -3.56. The van der Waals surface area contributed by atoms with Gasteiger partial charge in [0, 0.05) is 37.1 Å². The van der Waals surface area contributed by atoms with Crippen molar-refractivity contribution in [3.8, 4) is 0 Å². The van der Waals surface area contributed by atoms with Crippen LogP contribution in [0.15, 0.2) is 65.7 Å². The van der Waals surface area contributed by atoms with E-state index in [1.807, 2.05) is 18.2 Å². The van der Waals surface area contributed by atoms with Gasteiger partial charge in [0.15, 0.2) is 0 Å². The van der Waals surface area contributed by atoms with Gasteiger partial charge >= 0.3 is 0 Å². The van der Waals surface area contributed by atoms with Crippen LogP contribution in [0.25, 0.3) is 10.9 Å². The van der Waals surface area contributed by atoms with E-state index >= 15 is 0 Å². The monoisotopic (exact) mass is 368 g/mol. The minimum absolute atomic E-state index is 0.310. The average molecular weight is 369 g/mol. The van der Waals surface area contributed by atoms with Crippen molar-refractivity contribution in [3.05, 3.63) is 66.4 Å². The summed E-state index contributed by atoms with van der Waals surface area (Å²) in [6.45, 7) is 7.81. The third-order valence-corrected chi connectivity index (χ3v) is 6.73. The van der Waals surface area contributed by atoms with Crippen molar-refractivity contribution in [2.45, 2.75) is 24.7 Å². The molecule has 0 bridgehead atoms. The minimum atomic E-state index is -3.56. The molecule has 0 amide bonds. The van der Waals surface area contributed by atoms with E-state index in [4.69, 9.17) is 0 Å². The zero-order valence-corrected chi connectivity index (χ0v) is 16.0. The highest BCUT2D eigenvalue weighted by atomic mass is 32.2. The fourth-order valence-corrected chi connectivity index (χ4v) is 5.13. The van der Waals surface area contributed by atoms with Crippen LogP contribution in [0.5, 0.6) is 0 Å². The highest BCUT2D eigenvalue weighted by molar-refractivity contribution is 7.90.